The predicted octanol–water partition coefficient (Wildman–Crippen LogP) is 9.85. The maximum atomic E-state index is 14.0. The molecule has 0 radical (unpaired) electrons. The number of anilines is 2. The van der Waals surface area contributed by atoms with Crippen molar-refractivity contribution in [1.29, 1.82) is 0 Å². The van der Waals surface area contributed by atoms with Crippen molar-refractivity contribution in [2.75, 3.05) is 9.80 Å². The highest BCUT2D eigenvalue weighted by Gasteiger charge is 2.49. The van der Waals surface area contributed by atoms with Crippen LogP contribution in [0.4, 0.5) is 11.4 Å². The quantitative estimate of drug-likeness (QED) is 0.145. The van der Waals surface area contributed by atoms with E-state index < -0.39 is 23.7 Å². The van der Waals surface area contributed by atoms with Crippen LogP contribution in [0, 0.1) is 23.7 Å². The molecule has 2 saturated heterocycles. The van der Waals surface area contributed by atoms with Crippen molar-refractivity contribution in [2.45, 2.75) is 6.42 Å². The third kappa shape index (κ3) is 6.39. The average molecular weight is 767 g/mol. The number of nitrogens with zero attached hydrogens (tertiary/aromatic N) is 2. The van der Waals surface area contributed by atoms with Gasteiger partial charge in [-0.3, -0.25) is 19.2 Å². The number of hydrogen-bond donors (Lipinski definition) is 0. The van der Waals surface area contributed by atoms with Gasteiger partial charge < -0.3 is 0 Å². The van der Waals surface area contributed by atoms with E-state index in [0.717, 1.165) is 55.7 Å². The zero-order valence-corrected chi connectivity index (χ0v) is 32.0. The van der Waals surface area contributed by atoms with Gasteiger partial charge in [0.2, 0.25) is 23.6 Å². The molecule has 4 amide bonds. The van der Waals surface area contributed by atoms with Crippen LogP contribution in [0.3, 0.4) is 0 Å². The van der Waals surface area contributed by atoms with Crippen LogP contribution in [0.2, 0.25) is 0 Å². The van der Waals surface area contributed by atoms with Crippen LogP contribution in [0.25, 0.3) is 22.3 Å². The van der Waals surface area contributed by atoms with Gasteiger partial charge in [-0.25, -0.2) is 9.80 Å². The van der Waals surface area contributed by atoms with Crippen molar-refractivity contribution in [1.82, 2.24) is 0 Å². The van der Waals surface area contributed by atoms with Crippen LogP contribution in [-0.4, -0.2) is 23.6 Å². The minimum absolute atomic E-state index is 0.232. The number of amides is 4. The van der Waals surface area contributed by atoms with Gasteiger partial charge >= 0.3 is 0 Å². The number of imide groups is 2. The molecule has 4 unspecified atom stereocenters. The Kier molecular flexibility index (Phi) is 9.02. The molecule has 284 valence electrons. The van der Waals surface area contributed by atoms with Gasteiger partial charge in [0.25, 0.3) is 0 Å². The lowest BCUT2D eigenvalue weighted by atomic mass is 9.79. The summed E-state index contributed by atoms with van der Waals surface area (Å²) in [5.74, 6) is -3.30. The SMILES string of the molecule is O=C1C2C=C(c3ccccc3)C(c3ccccc3)=CC2C(=O)N1c1ccc(Cc2ccc(N3C(=O)C4C=C(c5ccccc5)C(c5ccccc5)=CC4C3=O)cc2)cc1. The van der Waals surface area contributed by atoms with Crippen molar-refractivity contribution >= 4 is 57.3 Å². The predicted molar refractivity (Wildman–Crippen MR) is 232 cm³/mol. The fourth-order valence-electron chi connectivity index (χ4n) is 8.95. The molecule has 4 atom stereocenters. The van der Waals surface area contributed by atoms with E-state index in [0.29, 0.717) is 17.8 Å². The lowest BCUT2D eigenvalue weighted by molar-refractivity contribution is -0.123. The fourth-order valence-corrected chi connectivity index (χ4v) is 8.95. The molecule has 0 N–H and O–H groups in total. The third-order valence-corrected chi connectivity index (χ3v) is 11.9. The smallest absolute Gasteiger partial charge is 0.241 e. The van der Waals surface area contributed by atoms with Gasteiger partial charge in [-0.2, -0.15) is 0 Å². The standard InChI is InChI=1S/C53H38N2O4/c56-50-46-30-42(36-13-5-1-6-14-36)43(37-15-7-2-8-16-37)31-47(46)51(57)54(50)40-25-21-34(22-26-40)29-35-23-27-41(28-24-35)55-52(58)48-32-44(38-17-9-3-10-18-38)45(33-49(48)53(55)59)39-19-11-4-12-20-39/h1-28,30-33,46-49H,29H2. The first-order chi connectivity index (χ1) is 28.9. The Morgan fingerprint density at radius 1 is 0.305 bits per heavy atom. The zero-order chi connectivity index (χ0) is 40.0. The Morgan fingerprint density at radius 2 is 0.542 bits per heavy atom. The molecular weight excluding hydrogens is 729 g/mol. The molecule has 10 rings (SSSR count). The molecular formula is C53H38N2O4. The van der Waals surface area contributed by atoms with E-state index in [1.165, 1.54) is 9.80 Å². The van der Waals surface area contributed by atoms with Crippen molar-refractivity contribution in [3.63, 3.8) is 0 Å². The minimum atomic E-state index is -0.592. The highest BCUT2D eigenvalue weighted by molar-refractivity contribution is 6.27. The highest BCUT2D eigenvalue weighted by Crippen LogP contribution is 2.46. The number of benzene rings is 6. The summed E-state index contributed by atoms with van der Waals surface area (Å²) in [5, 5.41) is 0. The molecule has 2 aliphatic heterocycles. The number of hydrogen-bond acceptors (Lipinski definition) is 4. The number of carbonyl (C=O) groups is 4. The lowest BCUT2D eigenvalue weighted by Crippen LogP contribution is -2.30. The van der Waals surface area contributed by atoms with Crippen LogP contribution >= 0.6 is 0 Å². The molecule has 59 heavy (non-hydrogen) atoms. The molecule has 6 nitrogen and oxygen atoms in total. The number of allylic oxidation sites excluding steroid dienone is 4. The molecule has 2 aliphatic carbocycles. The second kappa shape index (κ2) is 14.8. The number of carbonyl (C=O) groups excluding carboxylic acids is 4. The summed E-state index contributed by atoms with van der Waals surface area (Å²) in [6, 6.07) is 55.0. The molecule has 2 fully saturated rings. The largest absolute Gasteiger partial charge is 0.273 e. The molecule has 6 heteroatoms. The molecule has 0 aromatic heterocycles. The summed E-state index contributed by atoms with van der Waals surface area (Å²) in [5.41, 5.74) is 10.8. The second-order valence-electron chi connectivity index (χ2n) is 15.4. The average Bonchev–Trinajstić information content (AvgIpc) is 3.69. The van der Waals surface area contributed by atoms with Gasteiger partial charge in [0.15, 0.2) is 0 Å². The van der Waals surface area contributed by atoms with E-state index in [9.17, 15) is 19.2 Å². The Balaban J connectivity index is 0.866. The van der Waals surface area contributed by atoms with E-state index in [1.54, 1.807) is 0 Å². The topological polar surface area (TPSA) is 74.8 Å². The summed E-state index contributed by atoms with van der Waals surface area (Å²) in [6.45, 7) is 0. The van der Waals surface area contributed by atoms with E-state index in [-0.39, 0.29) is 23.6 Å². The summed E-state index contributed by atoms with van der Waals surface area (Å²) in [7, 11) is 0. The molecule has 0 bridgehead atoms. The van der Waals surface area contributed by atoms with Crippen LogP contribution in [0.1, 0.15) is 33.4 Å². The third-order valence-electron chi connectivity index (χ3n) is 11.9. The maximum absolute atomic E-state index is 14.0. The first-order valence-corrected chi connectivity index (χ1v) is 20.0. The van der Waals surface area contributed by atoms with Crippen molar-refractivity contribution in [3.8, 4) is 0 Å². The van der Waals surface area contributed by atoms with E-state index >= 15 is 0 Å². The molecule has 4 aliphatic rings. The Morgan fingerprint density at radius 3 is 0.780 bits per heavy atom. The molecule has 6 aromatic carbocycles. The number of rotatable bonds is 8. The van der Waals surface area contributed by atoms with Crippen molar-refractivity contribution < 1.29 is 19.2 Å². The van der Waals surface area contributed by atoms with Crippen molar-refractivity contribution in [3.05, 3.63) is 228 Å². The first-order valence-electron chi connectivity index (χ1n) is 20.0. The maximum Gasteiger partial charge on any atom is 0.241 e. The minimum Gasteiger partial charge on any atom is -0.273 e. The molecule has 6 aromatic rings. The number of fused-ring (bicyclic) bond motifs is 2. The Bertz CT molecular complexity index is 2410. The van der Waals surface area contributed by atoms with E-state index in [4.69, 9.17) is 0 Å². The van der Waals surface area contributed by atoms with Crippen LogP contribution < -0.4 is 9.80 Å². The van der Waals surface area contributed by atoms with Crippen molar-refractivity contribution in [2.24, 2.45) is 23.7 Å². The highest BCUT2D eigenvalue weighted by atomic mass is 16.2. The van der Waals surface area contributed by atoms with Crippen LogP contribution in [0.15, 0.2) is 194 Å². The summed E-state index contributed by atoms with van der Waals surface area (Å²) in [6.07, 6.45) is 8.45. The molecule has 0 saturated carbocycles. The van der Waals surface area contributed by atoms with Gasteiger partial charge in [0.1, 0.15) is 0 Å². The van der Waals surface area contributed by atoms with E-state index in [1.807, 2.05) is 194 Å². The summed E-state index contributed by atoms with van der Waals surface area (Å²) >= 11 is 0. The van der Waals surface area contributed by atoms with E-state index in [2.05, 4.69) is 0 Å². The summed E-state index contributed by atoms with van der Waals surface area (Å²) in [4.78, 5) is 58.5. The van der Waals surface area contributed by atoms with Gasteiger partial charge in [-0.15, -0.1) is 0 Å². The zero-order valence-electron chi connectivity index (χ0n) is 32.0. The lowest BCUT2D eigenvalue weighted by Gasteiger charge is -2.22. The van der Waals surface area contributed by atoms with Gasteiger partial charge in [-0.1, -0.05) is 170 Å². The van der Waals surface area contributed by atoms with Gasteiger partial charge in [-0.05, 0) is 86.4 Å². The molecule has 0 spiro atoms. The summed E-state index contributed by atoms with van der Waals surface area (Å²) < 4.78 is 0. The van der Waals surface area contributed by atoms with Gasteiger partial charge in [0.05, 0.1) is 35.0 Å². The Labute approximate surface area is 342 Å². The van der Waals surface area contributed by atoms with Gasteiger partial charge in [0, 0.05) is 0 Å². The second-order valence-corrected chi connectivity index (χ2v) is 15.4. The Hall–Kier alpha value is -7.44. The van der Waals surface area contributed by atoms with Crippen LogP contribution in [0.5, 0.6) is 0 Å². The fraction of sp³-hybridized carbons (Fsp3) is 0.0943. The molecule has 2 heterocycles. The normalized spacial score (nSPS) is 21.1. The van der Waals surface area contributed by atoms with Crippen LogP contribution in [-0.2, 0) is 25.6 Å². The monoisotopic (exact) mass is 766 g/mol. The first kappa shape index (κ1) is 35.9.